The van der Waals surface area contributed by atoms with Crippen molar-refractivity contribution in [3.05, 3.63) is 36.3 Å². The summed E-state index contributed by atoms with van der Waals surface area (Å²) >= 11 is 0. The Morgan fingerprint density at radius 2 is 1.96 bits per heavy atom. The highest BCUT2D eigenvalue weighted by molar-refractivity contribution is 5.54. The van der Waals surface area contributed by atoms with E-state index in [9.17, 15) is 0 Å². The number of nitrogens with zero attached hydrogens (tertiary/aromatic N) is 5. The number of rotatable bonds is 4. The lowest BCUT2D eigenvalue weighted by atomic mass is 9.95. The number of hydrogen-bond acceptors (Lipinski definition) is 5. The van der Waals surface area contributed by atoms with Crippen molar-refractivity contribution in [3.63, 3.8) is 0 Å². The van der Waals surface area contributed by atoms with Crippen LogP contribution in [0.15, 0.2) is 30.6 Å². The van der Waals surface area contributed by atoms with Crippen LogP contribution in [0.25, 0.3) is 5.65 Å². The van der Waals surface area contributed by atoms with E-state index in [-0.39, 0.29) is 0 Å². The quantitative estimate of drug-likeness (QED) is 0.773. The van der Waals surface area contributed by atoms with Crippen LogP contribution in [-0.4, -0.2) is 24.4 Å². The van der Waals surface area contributed by atoms with Gasteiger partial charge < -0.3 is 11.1 Å². The number of nitrogens with two attached hydrogens (primary N) is 1. The van der Waals surface area contributed by atoms with Crippen molar-refractivity contribution in [1.82, 2.24) is 24.4 Å². The lowest BCUT2D eigenvalue weighted by molar-refractivity contribution is 0.323. The van der Waals surface area contributed by atoms with Crippen LogP contribution in [0.1, 0.15) is 43.8 Å². The second-order valence-electron chi connectivity index (χ2n) is 6.08. The second kappa shape index (κ2) is 5.91. The maximum Gasteiger partial charge on any atom is 0.159 e. The molecule has 1 aliphatic carbocycles. The van der Waals surface area contributed by atoms with Gasteiger partial charge in [0.05, 0.1) is 24.5 Å². The van der Waals surface area contributed by atoms with Crippen molar-refractivity contribution in [1.29, 1.82) is 0 Å². The van der Waals surface area contributed by atoms with Gasteiger partial charge in [0.25, 0.3) is 0 Å². The zero-order valence-corrected chi connectivity index (χ0v) is 13.0. The van der Waals surface area contributed by atoms with E-state index < -0.39 is 0 Å². The standard InChI is InChI=1S/C16H21N7/c17-14-10-16(23-15(21-14)7-9-20-23)18-11-13-6-8-19-22(13)12-4-2-1-3-5-12/h6-10,12,18H,1-5,11H2,(H2,17,21). The van der Waals surface area contributed by atoms with E-state index in [1.54, 1.807) is 16.8 Å². The van der Waals surface area contributed by atoms with Gasteiger partial charge in [-0.2, -0.15) is 14.7 Å². The Balaban J connectivity index is 1.55. The minimum absolute atomic E-state index is 0.487. The summed E-state index contributed by atoms with van der Waals surface area (Å²) in [6, 6.07) is 6.25. The van der Waals surface area contributed by atoms with Crippen LogP contribution < -0.4 is 11.1 Å². The molecule has 4 rings (SSSR count). The van der Waals surface area contributed by atoms with Crippen LogP contribution in [0.5, 0.6) is 0 Å². The maximum atomic E-state index is 5.87. The number of nitrogens with one attached hydrogen (secondary N) is 1. The number of hydrogen-bond donors (Lipinski definition) is 2. The highest BCUT2D eigenvalue weighted by Gasteiger charge is 2.18. The molecule has 3 N–H and O–H groups in total. The van der Waals surface area contributed by atoms with Crippen molar-refractivity contribution < 1.29 is 0 Å². The van der Waals surface area contributed by atoms with Gasteiger partial charge in [0.1, 0.15) is 11.6 Å². The Morgan fingerprint density at radius 1 is 1.13 bits per heavy atom. The lowest BCUT2D eigenvalue weighted by Crippen LogP contribution is -2.18. The normalized spacial score (nSPS) is 16.0. The van der Waals surface area contributed by atoms with Crippen LogP contribution in [0.4, 0.5) is 11.6 Å². The molecule has 0 bridgehead atoms. The van der Waals surface area contributed by atoms with Gasteiger partial charge in [0.15, 0.2) is 5.65 Å². The Morgan fingerprint density at radius 3 is 2.83 bits per heavy atom. The Bertz CT molecular complexity index is 798. The minimum Gasteiger partial charge on any atom is -0.384 e. The predicted octanol–water partition coefficient (Wildman–Crippen LogP) is 2.63. The summed E-state index contributed by atoms with van der Waals surface area (Å²) < 4.78 is 3.94. The van der Waals surface area contributed by atoms with Crippen molar-refractivity contribution in [2.45, 2.75) is 44.7 Å². The number of anilines is 2. The lowest BCUT2D eigenvalue weighted by Gasteiger charge is -2.24. The van der Waals surface area contributed by atoms with E-state index >= 15 is 0 Å². The largest absolute Gasteiger partial charge is 0.384 e. The van der Waals surface area contributed by atoms with Gasteiger partial charge in [-0.05, 0) is 18.9 Å². The molecule has 0 unspecified atom stereocenters. The van der Waals surface area contributed by atoms with E-state index in [4.69, 9.17) is 5.73 Å². The summed E-state index contributed by atoms with van der Waals surface area (Å²) in [4.78, 5) is 4.25. The van der Waals surface area contributed by atoms with Crippen molar-refractivity contribution >= 4 is 17.3 Å². The van der Waals surface area contributed by atoms with Gasteiger partial charge in [-0.25, -0.2) is 4.98 Å². The average Bonchev–Trinajstić information content (AvgIpc) is 3.22. The van der Waals surface area contributed by atoms with Gasteiger partial charge in [0.2, 0.25) is 0 Å². The van der Waals surface area contributed by atoms with Crippen LogP contribution in [0, 0.1) is 0 Å². The number of nitrogen functional groups attached to an aromatic ring is 1. The highest BCUT2D eigenvalue weighted by Crippen LogP contribution is 2.28. The Labute approximate surface area is 134 Å². The average molecular weight is 311 g/mol. The van der Waals surface area contributed by atoms with E-state index in [2.05, 4.69) is 31.2 Å². The third-order valence-electron chi connectivity index (χ3n) is 4.50. The summed E-state index contributed by atoms with van der Waals surface area (Å²) in [5.41, 5.74) is 7.80. The molecule has 0 amide bonds. The molecule has 0 atom stereocenters. The fourth-order valence-corrected chi connectivity index (χ4v) is 3.38. The third kappa shape index (κ3) is 2.74. The SMILES string of the molecule is Nc1cc(NCc2ccnn2C2CCCCC2)n2nccc2n1. The van der Waals surface area contributed by atoms with E-state index in [0.29, 0.717) is 18.4 Å². The van der Waals surface area contributed by atoms with E-state index in [0.717, 1.165) is 11.5 Å². The molecule has 1 fully saturated rings. The van der Waals surface area contributed by atoms with Crippen molar-refractivity contribution in [2.75, 3.05) is 11.1 Å². The zero-order valence-electron chi connectivity index (χ0n) is 13.0. The molecular weight excluding hydrogens is 290 g/mol. The molecule has 23 heavy (non-hydrogen) atoms. The number of aromatic nitrogens is 5. The van der Waals surface area contributed by atoms with Crippen LogP contribution in [0.2, 0.25) is 0 Å². The van der Waals surface area contributed by atoms with Crippen LogP contribution in [-0.2, 0) is 6.54 Å². The summed E-state index contributed by atoms with van der Waals surface area (Å²) in [5.74, 6) is 1.33. The fraction of sp³-hybridized carbons (Fsp3) is 0.438. The smallest absolute Gasteiger partial charge is 0.159 e. The molecule has 7 nitrogen and oxygen atoms in total. The van der Waals surface area contributed by atoms with Gasteiger partial charge >= 0.3 is 0 Å². The maximum absolute atomic E-state index is 5.87. The van der Waals surface area contributed by atoms with Crippen molar-refractivity contribution in [2.24, 2.45) is 0 Å². The summed E-state index contributed by atoms with van der Waals surface area (Å²) in [6.45, 7) is 0.689. The topological polar surface area (TPSA) is 86.1 Å². The second-order valence-corrected chi connectivity index (χ2v) is 6.08. The predicted molar refractivity (Wildman–Crippen MR) is 89.1 cm³/mol. The first-order valence-corrected chi connectivity index (χ1v) is 8.18. The molecule has 3 aromatic heterocycles. The molecule has 0 saturated heterocycles. The molecular formula is C16H21N7. The molecule has 1 saturated carbocycles. The monoisotopic (exact) mass is 311 g/mol. The van der Waals surface area contributed by atoms with Gasteiger partial charge in [0, 0.05) is 18.3 Å². The highest BCUT2D eigenvalue weighted by atomic mass is 15.3. The van der Waals surface area contributed by atoms with Crippen molar-refractivity contribution in [3.8, 4) is 0 Å². The van der Waals surface area contributed by atoms with E-state index in [1.165, 1.54) is 37.8 Å². The molecule has 0 radical (unpaired) electrons. The summed E-state index contributed by atoms with van der Waals surface area (Å²) in [5, 5.41) is 12.2. The molecule has 0 aliphatic heterocycles. The van der Waals surface area contributed by atoms with Gasteiger partial charge in [-0.1, -0.05) is 19.3 Å². The molecule has 3 heterocycles. The first kappa shape index (κ1) is 14.0. The first-order valence-electron chi connectivity index (χ1n) is 8.18. The summed E-state index contributed by atoms with van der Waals surface area (Å²) in [7, 11) is 0. The first-order chi connectivity index (χ1) is 11.3. The van der Waals surface area contributed by atoms with Gasteiger partial charge in [-0.15, -0.1) is 0 Å². The molecule has 7 heteroatoms. The van der Waals surface area contributed by atoms with Crippen LogP contribution >= 0.6 is 0 Å². The molecule has 0 aromatic carbocycles. The Kier molecular flexibility index (Phi) is 3.61. The minimum atomic E-state index is 0.487. The van der Waals surface area contributed by atoms with Crippen LogP contribution in [0.3, 0.4) is 0 Å². The zero-order chi connectivity index (χ0) is 15.6. The molecule has 3 aromatic rings. The fourth-order valence-electron chi connectivity index (χ4n) is 3.38. The summed E-state index contributed by atoms with van der Waals surface area (Å²) in [6.07, 6.45) is 9.99. The Hall–Kier alpha value is -2.57. The molecule has 0 spiro atoms. The number of fused-ring (bicyclic) bond motifs is 1. The van der Waals surface area contributed by atoms with Gasteiger partial charge in [-0.3, -0.25) is 4.68 Å². The molecule has 1 aliphatic rings. The van der Waals surface area contributed by atoms with E-state index in [1.807, 2.05) is 12.3 Å². The third-order valence-corrected chi connectivity index (χ3v) is 4.50. The molecule has 120 valence electrons.